The summed E-state index contributed by atoms with van der Waals surface area (Å²) in [5.41, 5.74) is 1.00. The highest BCUT2D eigenvalue weighted by Gasteiger charge is 2.44. The number of allylic oxidation sites excluding steroid dienone is 1. The molecule has 1 heterocycles. The average Bonchev–Trinajstić information content (AvgIpc) is 3.33. The van der Waals surface area contributed by atoms with Crippen LogP contribution in [-0.4, -0.2) is 37.4 Å². The molecule has 0 amide bonds. The second-order valence-corrected chi connectivity index (χ2v) is 9.53. The van der Waals surface area contributed by atoms with Crippen molar-refractivity contribution in [1.82, 2.24) is 4.31 Å². The lowest BCUT2D eigenvalue weighted by Crippen LogP contribution is -2.42. The Kier molecular flexibility index (Phi) is 4.65. The summed E-state index contributed by atoms with van der Waals surface area (Å²) in [6, 6.07) is 6.07. The molecule has 1 aliphatic heterocycles. The van der Waals surface area contributed by atoms with Gasteiger partial charge < -0.3 is 4.74 Å². The maximum atomic E-state index is 13.0. The monoisotopic (exact) mass is 375 g/mol. The molecule has 0 spiro atoms. The van der Waals surface area contributed by atoms with Gasteiger partial charge in [0.1, 0.15) is 12.1 Å². The Morgan fingerprint density at radius 2 is 1.92 bits per heavy atom. The molecule has 1 saturated carbocycles. The van der Waals surface area contributed by atoms with Crippen LogP contribution in [0.15, 0.2) is 41.3 Å². The lowest BCUT2D eigenvalue weighted by molar-refractivity contribution is -0.154. The van der Waals surface area contributed by atoms with Crippen LogP contribution >= 0.6 is 0 Å². The number of sulfonamides is 1. The molecule has 5 nitrogen and oxygen atoms in total. The number of nitrogens with zero attached hydrogens (tertiary/aromatic N) is 1. The summed E-state index contributed by atoms with van der Waals surface area (Å²) in [6.07, 6.45) is 8.45. The Balaban J connectivity index is 1.50. The fraction of sp³-hybridized carbons (Fsp3) is 0.550. The molecule has 2 fully saturated rings. The number of benzene rings is 1. The molecule has 3 aliphatic rings. The van der Waals surface area contributed by atoms with Gasteiger partial charge in [-0.25, -0.2) is 8.42 Å². The molecule has 0 radical (unpaired) electrons. The van der Waals surface area contributed by atoms with Crippen molar-refractivity contribution in [2.75, 3.05) is 6.54 Å². The number of aryl methyl sites for hydroxylation is 1. The van der Waals surface area contributed by atoms with Gasteiger partial charge in [0.2, 0.25) is 10.0 Å². The molecule has 1 saturated heterocycles. The Labute approximate surface area is 155 Å². The molecule has 1 aromatic rings. The third kappa shape index (κ3) is 3.09. The topological polar surface area (TPSA) is 63.7 Å². The highest BCUT2D eigenvalue weighted by atomic mass is 32.2. The van der Waals surface area contributed by atoms with E-state index in [9.17, 15) is 13.2 Å². The van der Waals surface area contributed by atoms with Gasteiger partial charge in [-0.3, -0.25) is 4.79 Å². The predicted octanol–water partition coefficient (Wildman–Crippen LogP) is 3.05. The molecular weight excluding hydrogens is 350 g/mol. The summed E-state index contributed by atoms with van der Waals surface area (Å²) in [4.78, 5) is 13.0. The minimum Gasteiger partial charge on any atom is -0.461 e. The molecule has 4 rings (SSSR count). The van der Waals surface area contributed by atoms with Gasteiger partial charge in [-0.1, -0.05) is 29.8 Å². The van der Waals surface area contributed by atoms with Gasteiger partial charge in [-0.15, -0.1) is 0 Å². The number of esters is 1. The number of rotatable bonds is 4. The molecule has 4 atom stereocenters. The quantitative estimate of drug-likeness (QED) is 0.599. The molecule has 0 aromatic heterocycles. The van der Waals surface area contributed by atoms with Crippen LogP contribution in [0, 0.1) is 18.8 Å². The van der Waals surface area contributed by atoms with Crippen molar-refractivity contribution in [3.05, 3.63) is 42.0 Å². The molecular formula is C20H25NO4S. The minimum absolute atomic E-state index is 0.101. The smallest absolute Gasteiger partial charge is 0.324 e. The molecule has 6 heteroatoms. The summed E-state index contributed by atoms with van der Waals surface area (Å²) in [5.74, 6) is 0.510. The van der Waals surface area contributed by atoms with Crippen molar-refractivity contribution in [1.29, 1.82) is 0 Å². The number of hydrogen-bond acceptors (Lipinski definition) is 4. The highest BCUT2D eigenvalue weighted by molar-refractivity contribution is 7.89. The number of ether oxygens (including phenoxy) is 1. The number of hydrogen-bond donors (Lipinski definition) is 0. The first-order valence-corrected chi connectivity index (χ1v) is 10.9. The van der Waals surface area contributed by atoms with E-state index < -0.39 is 16.1 Å². The zero-order valence-electron chi connectivity index (χ0n) is 15.0. The second kappa shape index (κ2) is 6.82. The normalized spacial score (nSPS) is 31.3. The van der Waals surface area contributed by atoms with E-state index in [-0.39, 0.29) is 17.0 Å². The maximum absolute atomic E-state index is 13.0. The van der Waals surface area contributed by atoms with E-state index in [1.54, 1.807) is 24.3 Å². The van der Waals surface area contributed by atoms with Gasteiger partial charge >= 0.3 is 5.97 Å². The first-order valence-electron chi connectivity index (χ1n) is 9.42. The van der Waals surface area contributed by atoms with Crippen molar-refractivity contribution < 1.29 is 17.9 Å². The van der Waals surface area contributed by atoms with E-state index in [4.69, 9.17) is 4.74 Å². The Morgan fingerprint density at radius 1 is 1.15 bits per heavy atom. The summed E-state index contributed by atoms with van der Waals surface area (Å²) < 4.78 is 33.1. The number of fused-ring (bicyclic) bond motifs is 1. The second-order valence-electron chi connectivity index (χ2n) is 7.64. The van der Waals surface area contributed by atoms with Crippen LogP contribution in [-0.2, 0) is 19.6 Å². The molecule has 26 heavy (non-hydrogen) atoms. The van der Waals surface area contributed by atoms with Crippen LogP contribution in [0.2, 0.25) is 0 Å². The number of carbonyl (C=O) groups is 1. The van der Waals surface area contributed by atoms with E-state index in [1.807, 2.05) is 6.92 Å². The largest absolute Gasteiger partial charge is 0.461 e. The van der Waals surface area contributed by atoms with Gasteiger partial charge in [0, 0.05) is 12.5 Å². The van der Waals surface area contributed by atoms with E-state index in [1.165, 1.54) is 4.31 Å². The summed E-state index contributed by atoms with van der Waals surface area (Å²) in [7, 11) is -3.68. The zero-order valence-corrected chi connectivity index (χ0v) is 15.8. The van der Waals surface area contributed by atoms with Gasteiger partial charge in [0.15, 0.2) is 0 Å². The van der Waals surface area contributed by atoms with Crippen molar-refractivity contribution >= 4 is 16.0 Å². The predicted molar refractivity (Wildman–Crippen MR) is 97.9 cm³/mol. The first kappa shape index (κ1) is 17.7. The lowest BCUT2D eigenvalue weighted by atomic mass is 9.99. The molecule has 0 bridgehead atoms. The third-order valence-corrected chi connectivity index (χ3v) is 7.89. The molecule has 2 aliphatic carbocycles. The van der Waals surface area contributed by atoms with E-state index in [0.717, 1.165) is 24.8 Å². The summed E-state index contributed by atoms with van der Waals surface area (Å²) in [5, 5.41) is 0. The first-order chi connectivity index (χ1) is 12.5. The Bertz CT molecular complexity index is 815. The van der Waals surface area contributed by atoms with E-state index in [0.29, 0.717) is 31.2 Å². The SMILES string of the molecule is Cc1ccc(S(=O)(=O)N2CCC[C@@H]2C(=O)O[C@@H]2CCC3CC=CC32)cc1. The van der Waals surface area contributed by atoms with Gasteiger partial charge in [-0.2, -0.15) is 4.31 Å². The van der Waals surface area contributed by atoms with Gasteiger partial charge in [-0.05, 0) is 57.1 Å². The van der Waals surface area contributed by atoms with Crippen molar-refractivity contribution in [2.45, 2.75) is 56.1 Å². The molecule has 1 aromatic carbocycles. The van der Waals surface area contributed by atoms with Crippen LogP contribution in [0.3, 0.4) is 0 Å². The van der Waals surface area contributed by atoms with Crippen molar-refractivity contribution in [3.8, 4) is 0 Å². The fourth-order valence-electron chi connectivity index (χ4n) is 4.51. The van der Waals surface area contributed by atoms with E-state index >= 15 is 0 Å². The van der Waals surface area contributed by atoms with Gasteiger partial charge in [0.25, 0.3) is 0 Å². The lowest BCUT2D eigenvalue weighted by Gasteiger charge is -2.25. The highest BCUT2D eigenvalue weighted by Crippen LogP contribution is 2.41. The van der Waals surface area contributed by atoms with Gasteiger partial charge in [0.05, 0.1) is 4.90 Å². The zero-order chi connectivity index (χ0) is 18.3. The van der Waals surface area contributed by atoms with Crippen LogP contribution in [0.5, 0.6) is 0 Å². The van der Waals surface area contributed by atoms with Crippen LogP contribution in [0.25, 0.3) is 0 Å². The summed E-state index contributed by atoms with van der Waals surface area (Å²) >= 11 is 0. The maximum Gasteiger partial charge on any atom is 0.324 e. The molecule has 2 unspecified atom stereocenters. The average molecular weight is 375 g/mol. The minimum atomic E-state index is -3.68. The van der Waals surface area contributed by atoms with E-state index in [2.05, 4.69) is 12.2 Å². The Morgan fingerprint density at radius 3 is 2.69 bits per heavy atom. The van der Waals surface area contributed by atoms with Crippen LogP contribution in [0.1, 0.15) is 37.7 Å². The van der Waals surface area contributed by atoms with Crippen LogP contribution < -0.4 is 0 Å². The Hall–Kier alpha value is -1.66. The standard InChI is InChI=1S/C20H25NO4S/c1-14-7-10-16(11-8-14)26(23,24)21-13-3-6-18(21)20(22)25-19-12-9-15-4-2-5-17(15)19/h2,5,7-8,10-11,15,17-19H,3-4,6,9,12-13H2,1H3/t15?,17?,18-,19-/m1/s1. The third-order valence-electron chi connectivity index (χ3n) is 5.96. The molecule has 140 valence electrons. The number of carbonyl (C=O) groups excluding carboxylic acids is 1. The van der Waals surface area contributed by atoms with Crippen molar-refractivity contribution in [2.24, 2.45) is 11.8 Å². The van der Waals surface area contributed by atoms with Crippen molar-refractivity contribution in [3.63, 3.8) is 0 Å². The molecule has 0 N–H and O–H groups in total. The fourth-order valence-corrected chi connectivity index (χ4v) is 6.15. The summed E-state index contributed by atoms with van der Waals surface area (Å²) in [6.45, 7) is 2.28. The van der Waals surface area contributed by atoms with Crippen LogP contribution in [0.4, 0.5) is 0 Å².